The summed E-state index contributed by atoms with van der Waals surface area (Å²) in [6.07, 6.45) is 0. The summed E-state index contributed by atoms with van der Waals surface area (Å²) in [6, 6.07) is 14.6. The SMILES string of the molecule is CC(C)N1c2ccccc2S(=O)(=O)c2ccccc21. The highest BCUT2D eigenvalue weighted by Crippen LogP contribution is 2.44. The number of anilines is 2. The Morgan fingerprint density at radius 1 is 0.842 bits per heavy atom. The highest BCUT2D eigenvalue weighted by Gasteiger charge is 2.34. The molecule has 0 radical (unpaired) electrons. The van der Waals surface area contributed by atoms with E-state index in [4.69, 9.17) is 0 Å². The van der Waals surface area contributed by atoms with E-state index in [9.17, 15) is 8.42 Å². The van der Waals surface area contributed by atoms with Crippen molar-refractivity contribution in [2.24, 2.45) is 0 Å². The van der Waals surface area contributed by atoms with Crippen LogP contribution in [0.4, 0.5) is 11.4 Å². The zero-order valence-electron chi connectivity index (χ0n) is 10.9. The second-order valence-corrected chi connectivity index (χ2v) is 6.79. The molecule has 0 fully saturated rings. The normalized spacial score (nSPS) is 16.1. The van der Waals surface area contributed by atoms with Gasteiger partial charge in [0, 0.05) is 6.04 Å². The molecule has 0 saturated heterocycles. The molecule has 98 valence electrons. The third kappa shape index (κ3) is 1.67. The van der Waals surface area contributed by atoms with Crippen molar-refractivity contribution in [1.29, 1.82) is 0 Å². The van der Waals surface area contributed by atoms with Gasteiger partial charge in [-0.05, 0) is 38.1 Å². The summed E-state index contributed by atoms with van der Waals surface area (Å²) < 4.78 is 25.3. The molecule has 0 atom stereocenters. The summed E-state index contributed by atoms with van der Waals surface area (Å²) in [5.41, 5.74) is 1.52. The maximum atomic E-state index is 12.6. The lowest BCUT2D eigenvalue weighted by Crippen LogP contribution is -2.31. The van der Waals surface area contributed by atoms with Crippen molar-refractivity contribution < 1.29 is 8.42 Å². The number of hydrogen-bond acceptors (Lipinski definition) is 3. The molecule has 1 aliphatic heterocycles. The highest BCUT2D eigenvalue weighted by atomic mass is 32.2. The first kappa shape index (κ1) is 12.2. The van der Waals surface area contributed by atoms with Crippen molar-refractivity contribution in [2.45, 2.75) is 29.7 Å². The van der Waals surface area contributed by atoms with Gasteiger partial charge in [-0.15, -0.1) is 0 Å². The topological polar surface area (TPSA) is 37.4 Å². The minimum absolute atomic E-state index is 0.192. The van der Waals surface area contributed by atoms with E-state index in [1.807, 2.05) is 24.3 Å². The van der Waals surface area contributed by atoms with E-state index in [0.29, 0.717) is 9.79 Å². The number of para-hydroxylation sites is 2. The third-order valence-electron chi connectivity index (χ3n) is 3.35. The second kappa shape index (κ2) is 4.10. The summed E-state index contributed by atoms with van der Waals surface area (Å²) in [7, 11) is -3.41. The van der Waals surface area contributed by atoms with Crippen LogP contribution in [0.1, 0.15) is 13.8 Å². The Morgan fingerprint density at radius 3 is 1.68 bits per heavy atom. The molecule has 2 aromatic rings. The zero-order chi connectivity index (χ0) is 13.6. The van der Waals surface area contributed by atoms with E-state index < -0.39 is 9.84 Å². The van der Waals surface area contributed by atoms with Crippen LogP contribution in [0.3, 0.4) is 0 Å². The average Bonchev–Trinajstić information content (AvgIpc) is 2.39. The fourth-order valence-corrected chi connectivity index (χ4v) is 4.21. The van der Waals surface area contributed by atoms with Gasteiger partial charge in [-0.25, -0.2) is 8.42 Å². The van der Waals surface area contributed by atoms with Crippen LogP contribution in [-0.4, -0.2) is 14.5 Å². The predicted molar refractivity (Wildman–Crippen MR) is 75.6 cm³/mol. The Bertz CT molecular complexity index is 682. The molecule has 3 nitrogen and oxygen atoms in total. The Balaban J connectivity index is 2.40. The van der Waals surface area contributed by atoms with E-state index in [0.717, 1.165) is 11.4 Å². The minimum atomic E-state index is -3.41. The molecule has 2 aromatic carbocycles. The number of fused-ring (bicyclic) bond motifs is 2. The molecule has 0 bridgehead atoms. The Labute approximate surface area is 113 Å². The van der Waals surface area contributed by atoms with Crippen molar-refractivity contribution in [3.05, 3.63) is 48.5 Å². The maximum Gasteiger partial charge on any atom is 0.210 e. The number of benzene rings is 2. The smallest absolute Gasteiger partial charge is 0.210 e. The van der Waals surface area contributed by atoms with Crippen LogP contribution < -0.4 is 4.90 Å². The molecule has 0 aromatic heterocycles. The first-order valence-corrected chi connectivity index (χ1v) is 7.74. The molecule has 1 heterocycles. The summed E-state index contributed by atoms with van der Waals surface area (Å²) in [6.45, 7) is 4.12. The molecule has 0 unspecified atom stereocenters. The summed E-state index contributed by atoms with van der Waals surface area (Å²) in [5.74, 6) is 0. The molecule has 0 saturated carbocycles. The first-order chi connectivity index (χ1) is 9.03. The van der Waals surface area contributed by atoms with Crippen LogP contribution in [0.2, 0.25) is 0 Å². The van der Waals surface area contributed by atoms with E-state index in [2.05, 4.69) is 18.7 Å². The third-order valence-corrected chi connectivity index (χ3v) is 5.19. The van der Waals surface area contributed by atoms with Crippen LogP contribution in [0, 0.1) is 0 Å². The van der Waals surface area contributed by atoms with Crippen LogP contribution in [-0.2, 0) is 9.84 Å². The van der Waals surface area contributed by atoms with Crippen LogP contribution >= 0.6 is 0 Å². The minimum Gasteiger partial charge on any atom is -0.337 e. The number of rotatable bonds is 1. The van der Waals surface area contributed by atoms with Gasteiger partial charge in [0.2, 0.25) is 9.84 Å². The van der Waals surface area contributed by atoms with Crippen molar-refractivity contribution in [3.8, 4) is 0 Å². The molecule has 0 amide bonds. The van der Waals surface area contributed by atoms with E-state index in [1.165, 1.54) is 0 Å². The number of hydrogen-bond donors (Lipinski definition) is 0. The lowest BCUT2D eigenvalue weighted by Gasteiger charge is -2.35. The molecule has 0 N–H and O–H groups in total. The zero-order valence-corrected chi connectivity index (χ0v) is 11.7. The molecule has 3 rings (SSSR count). The number of sulfone groups is 1. The lowest BCUT2D eigenvalue weighted by molar-refractivity contribution is 0.592. The molecule has 4 heteroatoms. The first-order valence-electron chi connectivity index (χ1n) is 6.26. The maximum absolute atomic E-state index is 12.6. The van der Waals surface area contributed by atoms with Gasteiger partial charge in [0.05, 0.1) is 21.2 Å². The van der Waals surface area contributed by atoms with Crippen LogP contribution in [0.15, 0.2) is 58.3 Å². The lowest BCUT2D eigenvalue weighted by atomic mass is 10.2. The Hall–Kier alpha value is -1.81. The Morgan fingerprint density at radius 2 is 1.26 bits per heavy atom. The summed E-state index contributed by atoms with van der Waals surface area (Å²) in [5, 5.41) is 0. The van der Waals surface area contributed by atoms with Gasteiger partial charge < -0.3 is 4.90 Å². The number of nitrogens with zero attached hydrogens (tertiary/aromatic N) is 1. The highest BCUT2D eigenvalue weighted by molar-refractivity contribution is 7.92. The monoisotopic (exact) mass is 273 g/mol. The van der Waals surface area contributed by atoms with E-state index in [-0.39, 0.29) is 6.04 Å². The summed E-state index contributed by atoms with van der Waals surface area (Å²) >= 11 is 0. The van der Waals surface area contributed by atoms with Crippen LogP contribution in [0.25, 0.3) is 0 Å². The van der Waals surface area contributed by atoms with Gasteiger partial charge in [-0.2, -0.15) is 0 Å². The molecular formula is C15H15NO2S. The van der Waals surface area contributed by atoms with Gasteiger partial charge in [-0.3, -0.25) is 0 Å². The predicted octanol–water partition coefficient (Wildman–Crippen LogP) is 3.38. The van der Waals surface area contributed by atoms with E-state index >= 15 is 0 Å². The van der Waals surface area contributed by atoms with Gasteiger partial charge in [0.1, 0.15) is 0 Å². The largest absolute Gasteiger partial charge is 0.337 e. The van der Waals surface area contributed by atoms with Gasteiger partial charge >= 0.3 is 0 Å². The Kier molecular flexibility index (Phi) is 2.64. The van der Waals surface area contributed by atoms with Crippen LogP contribution in [0.5, 0.6) is 0 Å². The van der Waals surface area contributed by atoms with Gasteiger partial charge in [0.15, 0.2) is 0 Å². The van der Waals surface area contributed by atoms with Gasteiger partial charge in [0.25, 0.3) is 0 Å². The fraction of sp³-hybridized carbons (Fsp3) is 0.200. The molecule has 1 aliphatic rings. The molecule has 19 heavy (non-hydrogen) atoms. The van der Waals surface area contributed by atoms with E-state index in [1.54, 1.807) is 24.3 Å². The second-order valence-electron chi connectivity index (χ2n) is 4.90. The van der Waals surface area contributed by atoms with Crippen molar-refractivity contribution >= 4 is 21.2 Å². The van der Waals surface area contributed by atoms with Gasteiger partial charge in [-0.1, -0.05) is 24.3 Å². The van der Waals surface area contributed by atoms with Crippen molar-refractivity contribution in [1.82, 2.24) is 0 Å². The van der Waals surface area contributed by atoms with Crippen molar-refractivity contribution in [2.75, 3.05) is 4.90 Å². The standard InChI is InChI=1S/C15H15NO2S/c1-11(2)16-12-7-3-5-9-14(12)19(17,18)15-10-6-4-8-13(15)16/h3-11H,1-2H3. The average molecular weight is 273 g/mol. The fourth-order valence-electron chi connectivity index (χ4n) is 2.57. The summed E-state index contributed by atoms with van der Waals surface area (Å²) in [4.78, 5) is 2.86. The molecular weight excluding hydrogens is 258 g/mol. The van der Waals surface area contributed by atoms with Crippen molar-refractivity contribution in [3.63, 3.8) is 0 Å². The quantitative estimate of drug-likeness (QED) is 0.799. The molecule has 0 aliphatic carbocycles. The molecule has 0 spiro atoms.